The molecule has 0 saturated heterocycles. The first-order valence-corrected chi connectivity index (χ1v) is 12.6. The number of sulfonamides is 1. The van der Waals surface area contributed by atoms with Crippen molar-refractivity contribution in [1.82, 2.24) is 19.4 Å². The Morgan fingerprint density at radius 1 is 1.27 bits per heavy atom. The number of nitrogens with zero attached hydrogens (tertiary/aromatic N) is 3. The largest absolute Gasteiger partial charge is 0.345 e. The summed E-state index contributed by atoms with van der Waals surface area (Å²) in [4.78, 5) is 24.3. The van der Waals surface area contributed by atoms with Crippen molar-refractivity contribution >= 4 is 39.6 Å². The smallest absolute Gasteiger partial charge is 0.259 e. The molecule has 2 amide bonds. The van der Waals surface area contributed by atoms with Crippen LogP contribution < -0.4 is 10.0 Å². The fraction of sp³-hybridized carbons (Fsp3) is 0.500. The van der Waals surface area contributed by atoms with Crippen LogP contribution in [-0.4, -0.2) is 56.6 Å². The lowest BCUT2D eigenvalue weighted by molar-refractivity contribution is -0.105. The van der Waals surface area contributed by atoms with Gasteiger partial charge >= 0.3 is 0 Å². The zero-order valence-corrected chi connectivity index (χ0v) is 21.8. The van der Waals surface area contributed by atoms with E-state index in [-0.39, 0.29) is 17.0 Å². The van der Waals surface area contributed by atoms with Gasteiger partial charge < -0.3 is 10.2 Å². The maximum absolute atomic E-state index is 12.1. The van der Waals surface area contributed by atoms with Crippen LogP contribution in [-0.2, 0) is 14.8 Å². The van der Waals surface area contributed by atoms with Crippen LogP contribution in [0.15, 0.2) is 29.4 Å². The van der Waals surface area contributed by atoms with Crippen molar-refractivity contribution in [3.05, 3.63) is 40.5 Å². The molecule has 0 radical (unpaired) electrons. The minimum atomic E-state index is -3.39. The van der Waals surface area contributed by atoms with Crippen LogP contribution in [0, 0.1) is 0 Å². The number of hydrogen-bond donors (Lipinski definition) is 2. The van der Waals surface area contributed by atoms with Crippen LogP contribution in [0.5, 0.6) is 0 Å². The Hall–Kier alpha value is -2.43. The monoisotopic (exact) mass is 499 g/mol. The fourth-order valence-corrected chi connectivity index (χ4v) is 3.71. The molecule has 0 spiro atoms. The first-order chi connectivity index (χ1) is 15.5. The maximum atomic E-state index is 12.1. The van der Waals surface area contributed by atoms with Crippen LogP contribution in [0.4, 0.5) is 5.69 Å². The molecule has 1 heterocycles. The van der Waals surface area contributed by atoms with E-state index in [2.05, 4.69) is 15.1 Å². The first-order valence-electron chi connectivity index (χ1n) is 10.8. The third-order valence-corrected chi connectivity index (χ3v) is 6.17. The molecule has 11 heteroatoms. The lowest BCUT2D eigenvalue weighted by atomic mass is 10.0. The number of nitrogens with one attached hydrogen (secondary N) is 2. The van der Waals surface area contributed by atoms with Gasteiger partial charge in [-0.1, -0.05) is 25.4 Å². The highest BCUT2D eigenvalue weighted by atomic mass is 35.5. The normalized spacial score (nSPS) is 12.8. The van der Waals surface area contributed by atoms with Gasteiger partial charge in [-0.3, -0.25) is 14.3 Å². The van der Waals surface area contributed by atoms with E-state index >= 15 is 0 Å². The molecular formula is C22H34ClN5O4S. The number of aromatic nitrogens is 2. The quantitative estimate of drug-likeness (QED) is 0.561. The highest BCUT2D eigenvalue weighted by Gasteiger charge is 2.29. The minimum absolute atomic E-state index is 0.0590. The molecule has 1 aromatic heterocycles. The Labute approximate surface area is 201 Å². The molecule has 3 rings (SSSR count). The zero-order chi connectivity index (χ0) is 25.3. The summed E-state index contributed by atoms with van der Waals surface area (Å²) in [6.45, 7) is 7.87. The van der Waals surface area contributed by atoms with E-state index in [4.69, 9.17) is 11.6 Å². The molecule has 0 unspecified atom stereocenters. The molecule has 1 fully saturated rings. The van der Waals surface area contributed by atoms with E-state index in [0.29, 0.717) is 28.6 Å². The topological polar surface area (TPSA) is 113 Å². The molecule has 1 aliphatic rings. The lowest BCUT2D eigenvalue weighted by Gasteiger charge is -2.17. The average Bonchev–Trinajstić information content (AvgIpc) is 3.50. The van der Waals surface area contributed by atoms with Crippen molar-refractivity contribution < 1.29 is 18.0 Å². The molecule has 0 aliphatic heterocycles. The van der Waals surface area contributed by atoms with Gasteiger partial charge in [0.15, 0.2) is 5.03 Å². The first kappa shape index (κ1) is 28.6. The van der Waals surface area contributed by atoms with Gasteiger partial charge in [0.25, 0.3) is 15.9 Å². The summed E-state index contributed by atoms with van der Waals surface area (Å²) < 4.78 is 26.3. The summed E-state index contributed by atoms with van der Waals surface area (Å²) in [6.07, 6.45) is 4.39. The predicted octanol–water partition coefficient (Wildman–Crippen LogP) is 3.89. The molecule has 2 N–H and O–H groups in total. The third kappa shape index (κ3) is 7.83. The van der Waals surface area contributed by atoms with Crippen molar-refractivity contribution in [3.8, 4) is 0 Å². The fourth-order valence-electron chi connectivity index (χ4n) is 2.83. The van der Waals surface area contributed by atoms with Crippen molar-refractivity contribution in [3.63, 3.8) is 0 Å². The lowest BCUT2D eigenvalue weighted by Crippen LogP contribution is -2.23. The second kappa shape index (κ2) is 12.7. The van der Waals surface area contributed by atoms with Gasteiger partial charge in [-0.25, -0.2) is 13.1 Å². The number of carbonyl (C=O) groups excluding carboxylic acids is 2. The highest BCUT2D eigenvalue weighted by Crippen LogP contribution is 2.45. The van der Waals surface area contributed by atoms with Crippen molar-refractivity contribution in [1.29, 1.82) is 0 Å². The predicted molar refractivity (Wildman–Crippen MR) is 131 cm³/mol. The third-order valence-electron chi connectivity index (χ3n) is 4.65. The number of carbonyl (C=O) groups is 2. The molecular weight excluding hydrogens is 466 g/mol. The Balaban J connectivity index is 0.000000322. The highest BCUT2D eigenvalue weighted by molar-refractivity contribution is 7.89. The van der Waals surface area contributed by atoms with Gasteiger partial charge in [0, 0.05) is 31.4 Å². The summed E-state index contributed by atoms with van der Waals surface area (Å²) in [6, 6.07) is 5.08. The minimum Gasteiger partial charge on any atom is -0.345 e. The molecule has 1 saturated carbocycles. The second-order valence-corrected chi connectivity index (χ2v) is 9.86. The van der Waals surface area contributed by atoms with Gasteiger partial charge in [-0.05, 0) is 63.4 Å². The van der Waals surface area contributed by atoms with Gasteiger partial charge in [-0.15, -0.1) is 0 Å². The maximum Gasteiger partial charge on any atom is 0.259 e. The van der Waals surface area contributed by atoms with E-state index in [0.717, 1.165) is 18.4 Å². The summed E-state index contributed by atoms with van der Waals surface area (Å²) >= 11 is 6.06. The van der Waals surface area contributed by atoms with Crippen LogP contribution in [0.3, 0.4) is 0 Å². The van der Waals surface area contributed by atoms with E-state index < -0.39 is 10.0 Å². The van der Waals surface area contributed by atoms with Crippen LogP contribution in [0.25, 0.3) is 0 Å². The number of benzene rings is 1. The SMILES string of the molecule is CC.CN(C)C(=O)c1cc(Cl)cc(C2CC2)c1NC=O.CNS(=O)(=O)c1ccn(C(C)C)n1. The average molecular weight is 500 g/mol. The van der Waals surface area contributed by atoms with Crippen LogP contribution in [0.2, 0.25) is 5.02 Å². The van der Waals surface area contributed by atoms with E-state index in [1.807, 2.05) is 33.8 Å². The van der Waals surface area contributed by atoms with E-state index in [9.17, 15) is 18.0 Å². The molecule has 9 nitrogen and oxygen atoms in total. The van der Waals surface area contributed by atoms with Crippen LogP contribution >= 0.6 is 11.6 Å². The standard InChI is InChI=1S/C13H15ClN2O2.C7H13N3O2S.C2H6/c1-16(2)13(18)11-6-9(14)5-10(8-3-4-8)12(11)15-7-17;1-6(2)10-5-4-7(9-10)13(11,12)8-3;1-2/h5-8H,3-4H2,1-2H3,(H,15,17);4-6,8H,1-3H3;1-2H3. The Morgan fingerprint density at radius 3 is 2.30 bits per heavy atom. The number of anilines is 1. The summed E-state index contributed by atoms with van der Waals surface area (Å²) in [5, 5.41) is 7.15. The molecule has 0 bridgehead atoms. The number of hydrogen-bond acceptors (Lipinski definition) is 5. The molecule has 0 atom stereocenters. The molecule has 184 valence electrons. The summed E-state index contributed by atoms with van der Waals surface area (Å²) in [5.41, 5.74) is 2.00. The Kier molecular flexibility index (Phi) is 11.0. The van der Waals surface area contributed by atoms with Crippen molar-refractivity contribution in [2.45, 2.75) is 57.5 Å². The van der Waals surface area contributed by atoms with Gasteiger partial charge in [-0.2, -0.15) is 5.10 Å². The van der Waals surface area contributed by atoms with Gasteiger partial charge in [0.1, 0.15) is 0 Å². The number of amides is 2. The Bertz CT molecular complexity index is 1050. The number of rotatable bonds is 7. The zero-order valence-electron chi connectivity index (χ0n) is 20.2. The molecule has 33 heavy (non-hydrogen) atoms. The summed E-state index contributed by atoms with van der Waals surface area (Å²) in [5.74, 6) is 0.239. The van der Waals surface area contributed by atoms with Crippen LogP contribution in [0.1, 0.15) is 68.4 Å². The molecule has 1 aliphatic carbocycles. The van der Waals surface area contributed by atoms with E-state index in [1.165, 1.54) is 18.0 Å². The Morgan fingerprint density at radius 2 is 1.88 bits per heavy atom. The van der Waals surface area contributed by atoms with Crippen molar-refractivity contribution in [2.75, 3.05) is 26.5 Å². The second-order valence-electron chi connectivity index (χ2n) is 7.59. The van der Waals surface area contributed by atoms with E-state index in [1.54, 1.807) is 31.0 Å². The molecule has 1 aromatic carbocycles. The summed E-state index contributed by atoms with van der Waals surface area (Å²) in [7, 11) is 1.31. The van der Waals surface area contributed by atoms with Crippen molar-refractivity contribution in [2.24, 2.45) is 0 Å². The van der Waals surface area contributed by atoms with Gasteiger partial charge in [0.05, 0.1) is 11.3 Å². The van der Waals surface area contributed by atoms with Gasteiger partial charge in [0.2, 0.25) is 6.41 Å². The number of halogens is 1. The molecule has 2 aromatic rings.